The predicted octanol–water partition coefficient (Wildman–Crippen LogP) is 4.22. The highest BCUT2D eigenvalue weighted by atomic mass is 32.1. The number of anilines is 2. The number of hydrogen-bond acceptors (Lipinski definition) is 6. The zero-order valence-electron chi connectivity index (χ0n) is 19.6. The number of aromatic amines is 1. The van der Waals surface area contributed by atoms with E-state index in [1.807, 2.05) is 26.0 Å². The molecule has 0 aliphatic rings. The minimum Gasteiger partial charge on any atom is -0.383 e. The highest BCUT2D eigenvalue weighted by Crippen LogP contribution is 2.27. The Balaban J connectivity index is 2.00. The van der Waals surface area contributed by atoms with E-state index in [0.717, 1.165) is 17.0 Å². The second-order valence-electron chi connectivity index (χ2n) is 8.27. The van der Waals surface area contributed by atoms with E-state index in [2.05, 4.69) is 35.9 Å². The number of rotatable bonds is 9. The van der Waals surface area contributed by atoms with Crippen molar-refractivity contribution in [1.29, 1.82) is 0 Å². The van der Waals surface area contributed by atoms with Crippen molar-refractivity contribution in [2.45, 2.75) is 59.4 Å². The van der Waals surface area contributed by atoms with Gasteiger partial charge in [-0.1, -0.05) is 58.4 Å². The van der Waals surface area contributed by atoms with Gasteiger partial charge in [0.15, 0.2) is 5.69 Å². The van der Waals surface area contributed by atoms with Gasteiger partial charge in [-0.25, -0.2) is 9.78 Å². The molecule has 3 N–H and O–H groups in total. The van der Waals surface area contributed by atoms with Crippen LogP contribution in [-0.2, 0) is 6.54 Å². The first kappa shape index (κ1) is 24.4. The summed E-state index contributed by atoms with van der Waals surface area (Å²) in [4.78, 5) is 46.6. The molecule has 0 bridgehead atoms. The lowest BCUT2D eigenvalue weighted by Gasteiger charge is -2.23. The van der Waals surface area contributed by atoms with Crippen LogP contribution in [0.4, 0.5) is 11.5 Å². The van der Waals surface area contributed by atoms with Gasteiger partial charge in [0, 0.05) is 24.0 Å². The highest BCUT2D eigenvalue weighted by Gasteiger charge is 2.26. The number of carbonyl (C=O) groups is 1. The number of benzene rings is 1. The quantitative estimate of drug-likeness (QED) is 0.487. The average molecular weight is 470 g/mol. The summed E-state index contributed by atoms with van der Waals surface area (Å²) >= 11 is 1.37. The SMILES string of the molecule is CCCCN(C(=O)c1csc(-c2ccc(C(C)C)cc2)n1)c1c(N)n(CCC)c(=O)[nH]c1=O. The summed E-state index contributed by atoms with van der Waals surface area (Å²) in [5.74, 6) is 0.0116. The minimum atomic E-state index is -0.672. The van der Waals surface area contributed by atoms with Crippen molar-refractivity contribution in [2.24, 2.45) is 0 Å². The molecule has 33 heavy (non-hydrogen) atoms. The fourth-order valence-corrected chi connectivity index (χ4v) is 4.37. The molecule has 0 atom stereocenters. The van der Waals surface area contributed by atoms with Gasteiger partial charge in [0.25, 0.3) is 11.5 Å². The maximum absolute atomic E-state index is 13.5. The standard InChI is InChI=1S/C24H31N5O3S/c1-5-7-13-28(19-20(25)29(12-6-2)24(32)27-21(19)30)23(31)18-14-33-22(26-18)17-10-8-16(9-11-17)15(3)4/h8-11,14-15H,5-7,12-13,25H2,1-4H3,(H,27,30,32). The van der Waals surface area contributed by atoms with Crippen LogP contribution in [0, 0.1) is 0 Å². The first-order valence-corrected chi connectivity index (χ1v) is 12.2. The van der Waals surface area contributed by atoms with Crippen LogP contribution in [0.5, 0.6) is 0 Å². The number of thiazole rings is 1. The van der Waals surface area contributed by atoms with Crippen LogP contribution in [0.2, 0.25) is 0 Å². The largest absolute Gasteiger partial charge is 0.383 e. The van der Waals surface area contributed by atoms with E-state index in [-0.39, 0.29) is 17.2 Å². The van der Waals surface area contributed by atoms with Gasteiger partial charge >= 0.3 is 5.69 Å². The molecule has 8 nitrogen and oxygen atoms in total. The molecule has 0 aliphatic heterocycles. The molecule has 2 aromatic heterocycles. The van der Waals surface area contributed by atoms with Crippen molar-refractivity contribution in [3.05, 3.63) is 61.7 Å². The Morgan fingerprint density at radius 1 is 1.18 bits per heavy atom. The molecule has 0 spiro atoms. The van der Waals surface area contributed by atoms with E-state index in [1.165, 1.54) is 26.4 Å². The predicted molar refractivity (Wildman–Crippen MR) is 134 cm³/mol. The van der Waals surface area contributed by atoms with Crippen molar-refractivity contribution in [3.63, 3.8) is 0 Å². The number of H-pyrrole nitrogens is 1. The van der Waals surface area contributed by atoms with Gasteiger partial charge in [-0.2, -0.15) is 0 Å². The zero-order valence-corrected chi connectivity index (χ0v) is 20.4. The summed E-state index contributed by atoms with van der Waals surface area (Å²) < 4.78 is 1.30. The van der Waals surface area contributed by atoms with Gasteiger partial charge in [0.05, 0.1) is 0 Å². The Morgan fingerprint density at radius 2 is 1.88 bits per heavy atom. The maximum atomic E-state index is 13.5. The van der Waals surface area contributed by atoms with Crippen molar-refractivity contribution in [1.82, 2.24) is 14.5 Å². The maximum Gasteiger partial charge on any atom is 0.330 e. The molecule has 176 valence electrons. The summed E-state index contributed by atoms with van der Waals surface area (Å²) in [6.07, 6.45) is 2.15. The third-order valence-corrected chi connectivity index (χ3v) is 6.35. The molecule has 0 saturated carbocycles. The molecular weight excluding hydrogens is 438 g/mol. The number of nitrogens with two attached hydrogens (primary N) is 1. The Labute approximate surface area is 197 Å². The van der Waals surface area contributed by atoms with E-state index in [4.69, 9.17) is 5.73 Å². The Bertz CT molecular complexity index is 1220. The van der Waals surface area contributed by atoms with Crippen molar-refractivity contribution in [3.8, 4) is 10.6 Å². The van der Waals surface area contributed by atoms with Crippen LogP contribution >= 0.6 is 11.3 Å². The van der Waals surface area contributed by atoms with Crippen LogP contribution < -0.4 is 21.9 Å². The monoisotopic (exact) mass is 469 g/mol. The summed E-state index contributed by atoms with van der Waals surface area (Å²) in [6.45, 7) is 8.81. The normalized spacial score (nSPS) is 11.2. The highest BCUT2D eigenvalue weighted by molar-refractivity contribution is 7.13. The van der Waals surface area contributed by atoms with Crippen LogP contribution in [0.15, 0.2) is 39.2 Å². The van der Waals surface area contributed by atoms with Gasteiger partial charge < -0.3 is 5.73 Å². The average Bonchev–Trinajstić information content (AvgIpc) is 3.28. The van der Waals surface area contributed by atoms with Gasteiger partial charge in [0.2, 0.25) is 0 Å². The number of nitrogens with one attached hydrogen (secondary N) is 1. The first-order valence-electron chi connectivity index (χ1n) is 11.3. The molecule has 1 amide bonds. The molecule has 3 rings (SSSR count). The molecule has 2 heterocycles. The molecule has 3 aromatic rings. The van der Waals surface area contributed by atoms with Crippen LogP contribution in [0.25, 0.3) is 10.6 Å². The first-order chi connectivity index (χ1) is 15.8. The van der Waals surface area contributed by atoms with Crippen LogP contribution in [0.1, 0.15) is 68.9 Å². The number of hydrogen-bond donors (Lipinski definition) is 2. The summed E-state index contributed by atoms with van der Waals surface area (Å²) in [5, 5.41) is 2.42. The number of carbonyl (C=O) groups excluding carboxylic acids is 1. The number of aromatic nitrogens is 3. The summed E-state index contributed by atoms with van der Waals surface area (Å²) in [5.41, 5.74) is 7.37. The number of nitrogens with zero attached hydrogens (tertiary/aromatic N) is 3. The Kier molecular flexibility index (Phi) is 7.86. The van der Waals surface area contributed by atoms with Crippen LogP contribution in [-0.4, -0.2) is 27.0 Å². The fraction of sp³-hybridized carbons (Fsp3) is 0.417. The topological polar surface area (TPSA) is 114 Å². The van der Waals surface area contributed by atoms with E-state index in [1.54, 1.807) is 5.38 Å². The Hall–Kier alpha value is -3.20. The molecule has 1 aromatic carbocycles. The molecule has 0 fully saturated rings. The van der Waals surface area contributed by atoms with Gasteiger partial charge in [-0.3, -0.25) is 24.0 Å². The second kappa shape index (κ2) is 10.6. The lowest BCUT2D eigenvalue weighted by molar-refractivity contribution is 0.0982. The lowest BCUT2D eigenvalue weighted by atomic mass is 10.0. The van der Waals surface area contributed by atoms with Crippen molar-refractivity contribution in [2.75, 3.05) is 17.2 Å². The van der Waals surface area contributed by atoms with Crippen molar-refractivity contribution < 1.29 is 4.79 Å². The summed E-state index contributed by atoms with van der Waals surface area (Å²) in [7, 11) is 0. The van der Waals surface area contributed by atoms with Gasteiger partial charge in [-0.05, 0) is 24.3 Å². The zero-order chi connectivity index (χ0) is 24.1. The number of nitrogen functional groups attached to an aromatic ring is 1. The van der Waals surface area contributed by atoms with E-state index in [0.29, 0.717) is 31.8 Å². The molecule has 0 unspecified atom stereocenters. The Morgan fingerprint density at radius 3 is 2.48 bits per heavy atom. The minimum absolute atomic E-state index is 0.00247. The van der Waals surface area contributed by atoms with E-state index >= 15 is 0 Å². The summed E-state index contributed by atoms with van der Waals surface area (Å²) in [6, 6.07) is 8.13. The third kappa shape index (κ3) is 5.24. The van der Waals surface area contributed by atoms with Gasteiger partial charge in [-0.15, -0.1) is 11.3 Å². The van der Waals surface area contributed by atoms with Gasteiger partial charge in [0.1, 0.15) is 16.5 Å². The molecule has 9 heteroatoms. The lowest BCUT2D eigenvalue weighted by Crippen LogP contribution is -2.41. The second-order valence-corrected chi connectivity index (χ2v) is 9.13. The molecule has 0 aliphatic carbocycles. The number of amides is 1. The number of unbranched alkanes of at least 4 members (excludes halogenated alkanes) is 1. The van der Waals surface area contributed by atoms with Crippen LogP contribution in [0.3, 0.4) is 0 Å². The fourth-order valence-electron chi connectivity index (χ4n) is 3.57. The van der Waals surface area contributed by atoms with Crippen molar-refractivity contribution >= 4 is 28.7 Å². The smallest absolute Gasteiger partial charge is 0.330 e. The molecular formula is C24H31N5O3S. The van der Waals surface area contributed by atoms with E-state index < -0.39 is 17.2 Å². The molecule has 0 saturated heterocycles. The molecule has 0 radical (unpaired) electrons. The van der Waals surface area contributed by atoms with E-state index in [9.17, 15) is 14.4 Å². The third-order valence-electron chi connectivity index (χ3n) is 5.46.